The Morgan fingerprint density at radius 3 is 3.04 bits per heavy atom. The van der Waals surface area contributed by atoms with E-state index in [-0.39, 0.29) is 0 Å². The van der Waals surface area contributed by atoms with E-state index in [1.807, 2.05) is 12.3 Å². The molecule has 5 nitrogen and oxygen atoms in total. The van der Waals surface area contributed by atoms with Gasteiger partial charge in [0.2, 0.25) is 0 Å². The molecule has 0 bridgehead atoms. The molecule has 2 aromatic heterocycles. The fraction of sp³-hybridized carbons (Fsp3) is 0.391. The lowest BCUT2D eigenvalue weighted by atomic mass is 9.98. The highest BCUT2D eigenvalue weighted by molar-refractivity contribution is 5.57. The Kier molecular flexibility index (Phi) is 4.61. The molecule has 0 fully saturated rings. The maximum absolute atomic E-state index is 5.76. The van der Waals surface area contributed by atoms with E-state index in [4.69, 9.17) is 9.72 Å². The predicted octanol–water partition coefficient (Wildman–Crippen LogP) is 4.10. The van der Waals surface area contributed by atoms with Crippen LogP contribution in [0.15, 0.2) is 65.9 Å². The molecule has 1 atom stereocenters. The first-order chi connectivity index (χ1) is 13.8. The van der Waals surface area contributed by atoms with Gasteiger partial charge in [-0.05, 0) is 36.6 Å². The summed E-state index contributed by atoms with van der Waals surface area (Å²) in [7, 11) is 0. The number of fused-ring (bicyclic) bond motifs is 1. The topological polar surface area (TPSA) is 43.2 Å². The van der Waals surface area contributed by atoms with Gasteiger partial charge in [0.25, 0.3) is 0 Å². The van der Waals surface area contributed by atoms with Crippen LogP contribution in [-0.4, -0.2) is 38.6 Å². The summed E-state index contributed by atoms with van der Waals surface area (Å²) in [6.45, 7) is 6.06. The number of pyridine rings is 1. The minimum absolute atomic E-state index is 0.382. The molecule has 28 heavy (non-hydrogen) atoms. The number of hydrogen-bond acceptors (Lipinski definition) is 4. The van der Waals surface area contributed by atoms with E-state index in [1.165, 1.54) is 16.9 Å². The average molecular weight is 374 g/mol. The van der Waals surface area contributed by atoms with Crippen molar-refractivity contribution < 1.29 is 4.74 Å². The van der Waals surface area contributed by atoms with Crippen LogP contribution in [0.25, 0.3) is 11.3 Å². The van der Waals surface area contributed by atoms with Gasteiger partial charge in [-0.3, -0.25) is 9.88 Å². The van der Waals surface area contributed by atoms with Crippen LogP contribution in [0, 0.1) is 0 Å². The zero-order valence-corrected chi connectivity index (χ0v) is 16.3. The molecule has 5 rings (SSSR count). The summed E-state index contributed by atoms with van der Waals surface area (Å²) in [5.41, 5.74) is 4.89. The van der Waals surface area contributed by atoms with Crippen LogP contribution in [0.5, 0.6) is 0 Å². The average Bonchev–Trinajstić information content (AvgIpc) is 3.34. The number of imidazole rings is 1. The Balaban J connectivity index is 1.33. The summed E-state index contributed by atoms with van der Waals surface area (Å²) >= 11 is 0. The van der Waals surface area contributed by atoms with Crippen molar-refractivity contribution in [3.05, 3.63) is 71.7 Å². The Labute approximate surface area is 166 Å². The lowest BCUT2D eigenvalue weighted by molar-refractivity contribution is 0.184. The molecule has 2 aromatic rings. The number of allylic oxidation sites excluding steroid dienone is 3. The van der Waals surface area contributed by atoms with E-state index in [1.54, 1.807) is 6.20 Å². The molecule has 1 unspecified atom stereocenters. The van der Waals surface area contributed by atoms with Crippen LogP contribution in [0.3, 0.4) is 0 Å². The summed E-state index contributed by atoms with van der Waals surface area (Å²) < 4.78 is 8.05. The summed E-state index contributed by atoms with van der Waals surface area (Å²) in [4.78, 5) is 11.7. The Morgan fingerprint density at radius 2 is 2.14 bits per heavy atom. The molecule has 144 valence electrons. The van der Waals surface area contributed by atoms with E-state index in [0.717, 1.165) is 62.6 Å². The summed E-state index contributed by atoms with van der Waals surface area (Å²) in [6.07, 6.45) is 15.9. The molecule has 0 N–H and O–H groups in total. The SMILES string of the molecule is CC(C1=C/CCC2=C(/C=C\1)CCO2)N1CCn2cc(-c3cccnc3)nc2C1. The predicted molar refractivity (Wildman–Crippen MR) is 109 cm³/mol. The molecule has 0 spiro atoms. The van der Waals surface area contributed by atoms with Crippen molar-refractivity contribution in [2.75, 3.05) is 13.2 Å². The molecular formula is C23H26N4O. The van der Waals surface area contributed by atoms with E-state index in [0.29, 0.717) is 6.04 Å². The summed E-state index contributed by atoms with van der Waals surface area (Å²) in [6, 6.07) is 4.42. The molecule has 5 heteroatoms. The van der Waals surface area contributed by atoms with Crippen LogP contribution in [0.2, 0.25) is 0 Å². The van der Waals surface area contributed by atoms with Gasteiger partial charge < -0.3 is 9.30 Å². The van der Waals surface area contributed by atoms with Gasteiger partial charge in [0.15, 0.2) is 0 Å². The molecule has 0 aromatic carbocycles. The maximum Gasteiger partial charge on any atom is 0.123 e. The molecule has 0 amide bonds. The van der Waals surface area contributed by atoms with Gasteiger partial charge in [0.05, 0.1) is 24.6 Å². The second kappa shape index (κ2) is 7.40. The third-order valence-electron chi connectivity index (χ3n) is 6.05. The van der Waals surface area contributed by atoms with Crippen LogP contribution in [-0.2, 0) is 17.8 Å². The first-order valence-electron chi connectivity index (χ1n) is 10.2. The molecule has 0 radical (unpaired) electrons. The van der Waals surface area contributed by atoms with Crippen molar-refractivity contribution in [1.29, 1.82) is 0 Å². The molecule has 2 aliphatic heterocycles. The van der Waals surface area contributed by atoms with Gasteiger partial charge in [-0.15, -0.1) is 0 Å². The van der Waals surface area contributed by atoms with Gasteiger partial charge in [-0.1, -0.05) is 18.2 Å². The molecule has 4 heterocycles. The second-order valence-electron chi connectivity index (χ2n) is 7.75. The first kappa shape index (κ1) is 17.4. The fourth-order valence-corrected chi connectivity index (χ4v) is 4.34. The highest BCUT2D eigenvalue weighted by Crippen LogP contribution is 2.29. The highest BCUT2D eigenvalue weighted by Gasteiger charge is 2.25. The molecule has 0 saturated heterocycles. The first-order valence-corrected chi connectivity index (χ1v) is 10.2. The summed E-state index contributed by atoms with van der Waals surface area (Å²) in [5, 5.41) is 0. The van der Waals surface area contributed by atoms with Crippen molar-refractivity contribution in [3.8, 4) is 11.3 Å². The molecule has 1 aliphatic carbocycles. The number of rotatable bonds is 3. The Morgan fingerprint density at radius 1 is 1.18 bits per heavy atom. The lowest BCUT2D eigenvalue weighted by Gasteiger charge is -2.33. The van der Waals surface area contributed by atoms with Crippen molar-refractivity contribution >= 4 is 0 Å². The highest BCUT2D eigenvalue weighted by atomic mass is 16.5. The number of aromatic nitrogens is 3. The smallest absolute Gasteiger partial charge is 0.123 e. The van der Waals surface area contributed by atoms with E-state index in [2.05, 4.69) is 51.9 Å². The van der Waals surface area contributed by atoms with Crippen LogP contribution >= 0.6 is 0 Å². The van der Waals surface area contributed by atoms with Gasteiger partial charge in [0.1, 0.15) is 5.82 Å². The van der Waals surface area contributed by atoms with Gasteiger partial charge in [-0.2, -0.15) is 0 Å². The van der Waals surface area contributed by atoms with Crippen molar-refractivity contribution in [2.45, 2.75) is 45.3 Å². The largest absolute Gasteiger partial charge is 0.497 e. The minimum Gasteiger partial charge on any atom is -0.497 e. The number of ether oxygens (including phenoxy) is 1. The van der Waals surface area contributed by atoms with Crippen LogP contribution in [0.4, 0.5) is 0 Å². The minimum atomic E-state index is 0.382. The fourth-order valence-electron chi connectivity index (χ4n) is 4.34. The third kappa shape index (κ3) is 3.31. The van der Waals surface area contributed by atoms with Gasteiger partial charge in [0, 0.05) is 56.1 Å². The van der Waals surface area contributed by atoms with Crippen LogP contribution < -0.4 is 0 Å². The third-order valence-corrected chi connectivity index (χ3v) is 6.05. The van der Waals surface area contributed by atoms with Crippen molar-refractivity contribution in [3.63, 3.8) is 0 Å². The lowest BCUT2D eigenvalue weighted by Crippen LogP contribution is -2.40. The molecular weight excluding hydrogens is 348 g/mol. The standard InChI is InChI=1S/C23H26N4O/c1-17(18-4-2-6-22-19(8-7-18)9-13-28-22)26-11-12-27-15-21(25-23(27)16-26)20-5-3-10-24-14-20/h3-5,7-8,10,14-15,17H,2,6,9,11-13,16H2,1H3/b8-7-,18-4+. The second-order valence-corrected chi connectivity index (χ2v) is 7.75. The maximum atomic E-state index is 5.76. The molecule has 0 saturated carbocycles. The quantitative estimate of drug-likeness (QED) is 0.811. The van der Waals surface area contributed by atoms with E-state index in [9.17, 15) is 0 Å². The number of nitrogens with zero attached hydrogens (tertiary/aromatic N) is 4. The zero-order chi connectivity index (χ0) is 18.9. The van der Waals surface area contributed by atoms with Crippen molar-refractivity contribution in [1.82, 2.24) is 19.4 Å². The number of hydrogen-bond donors (Lipinski definition) is 0. The van der Waals surface area contributed by atoms with E-state index >= 15 is 0 Å². The zero-order valence-electron chi connectivity index (χ0n) is 16.3. The van der Waals surface area contributed by atoms with E-state index < -0.39 is 0 Å². The Hall–Kier alpha value is -2.66. The van der Waals surface area contributed by atoms with Gasteiger partial charge >= 0.3 is 0 Å². The summed E-state index contributed by atoms with van der Waals surface area (Å²) in [5.74, 6) is 2.34. The van der Waals surface area contributed by atoms with Crippen molar-refractivity contribution in [2.24, 2.45) is 0 Å². The van der Waals surface area contributed by atoms with Gasteiger partial charge in [-0.25, -0.2) is 4.98 Å². The normalized spacial score (nSPS) is 23.7. The Bertz CT molecular complexity index is 954. The molecule has 3 aliphatic rings. The monoisotopic (exact) mass is 374 g/mol. The van der Waals surface area contributed by atoms with Crippen LogP contribution in [0.1, 0.15) is 32.0 Å².